The van der Waals surface area contributed by atoms with Crippen LogP contribution in [0.5, 0.6) is 0 Å². The van der Waals surface area contributed by atoms with Crippen molar-refractivity contribution in [2.45, 2.75) is 26.3 Å². The lowest BCUT2D eigenvalue weighted by Crippen LogP contribution is -2.42. The lowest BCUT2D eigenvalue weighted by atomic mass is 9.94. The quantitative estimate of drug-likeness (QED) is 0.712. The smallest absolute Gasteiger partial charge is 0.336 e. The Balaban J connectivity index is 2.27. The van der Waals surface area contributed by atoms with E-state index in [1.807, 2.05) is 6.07 Å². The van der Waals surface area contributed by atoms with Gasteiger partial charge in [0.1, 0.15) is 28.7 Å². The lowest BCUT2D eigenvalue weighted by molar-refractivity contribution is -0.155. The maximum Gasteiger partial charge on any atom is 0.336 e. The van der Waals surface area contributed by atoms with Crippen LogP contribution in [-0.2, 0) is 29.4 Å². The molecule has 0 bridgehead atoms. The van der Waals surface area contributed by atoms with E-state index >= 15 is 0 Å². The Morgan fingerprint density at radius 2 is 2.00 bits per heavy atom. The number of carbonyl (C=O) groups excluding carboxylic acids is 3. The Labute approximate surface area is 143 Å². The first-order chi connectivity index (χ1) is 11.9. The predicted octanol–water partition coefficient (Wildman–Crippen LogP) is 0.497. The summed E-state index contributed by atoms with van der Waals surface area (Å²) in [5.41, 5.74) is -3.11. The normalized spacial score (nSPS) is 28.3. The molecule has 1 aliphatic heterocycles. The minimum atomic E-state index is -1.72. The van der Waals surface area contributed by atoms with E-state index in [1.165, 1.54) is 19.3 Å². The van der Waals surface area contributed by atoms with Crippen molar-refractivity contribution in [3.8, 4) is 6.07 Å². The third-order valence-electron chi connectivity index (χ3n) is 4.70. The molecule has 3 unspecified atom stereocenters. The van der Waals surface area contributed by atoms with Crippen LogP contribution in [0.25, 0.3) is 0 Å². The average molecular weight is 344 g/mol. The number of Topliss-reactive ketones (excluding diaryl/α,β-unsaturated/α-hetero) is 1. The summed E-state index contributed by atoms with van der Waals surface area (Å²) in [6.07, 6.45) is 2.50. The van der Waals surface area contributed by atoms with Gasteiger partial charge >= 0.3 is 11.9 Å². The van der Waals surface area contributed by atoms with Gasteiger partial charge in [0, 0.05) is 6.21 Å². The van der Waals surface area contributed by atoms with E-state index in [2.05, 4.69) is 10.1 Å². The number of nitrogens with zero attached hydrogens (tertiary/aromatic N) is 4. The number of ketones is 1. The molecule has 3 rings (SSSR count). The molecule has 1 aromatic rings. The summed E-state index contributed by atoms with van der Waals surface area (Å²) in [7, 11) is 0. The molecular formula is C16H16N4O5. The van der Waals surface area contributed by atoms with E-state index in [0.717, 1.165) is 4.68 Å². The summed E-state index contributed by atoms with van der Waals surface area (Å²) in [5.74, 6) is -2.95. The van der Waals surface area contributed by atoms with Crippen molar-refractivity contribution < 1.29 is 23.9 Å². The monoisotopic (exact) mass is 344 g/mol. The number of aliphatic imine (C=N–C) groups is 1. The molecule has 130 valence electrons. The fourth-order valence-electron chi connectivity index (χ4n) is 3.68. The third-order valence-corrected chi connectivity index (χ3v) is 4.70. The molecule has 0 aromatic carbocycles. The van der Waals surface area contributed by atoms with E-state index < -0.39 is 34.6 Å². The van der Waals surface area contributed by atoms with Crippen molar-refractivity contribution in [1.29, 1.82) is 5.26 Å². The molecule has 0 spiro atoms. The first-order valence-corrected chi connectivity index (χ1v) is 7.82. The van der Waals surface area contributed by atoms with Crippen molar-refractivity contribution in [2.24, 2.45) is 16.3 Å². The fraction of sp³-hybridized carbons (Fsp3) is 0.500. The number of nitriles is 1. The second-order valence-corrected chi connectivity index (χ2v) is 5.76. The van der Waals surface area contributed by atoms with Crippen LogP contribution < -0.4 is 0 Å². The van der Waals surface area contributed by atoms with Crippen LogP contribution in [0.3, 0.4) is 0 Å². The van der Waals surface area contributed by atoms with E-state index in [9.17, 15) is 19.6 Å². The van der Waals surface area contributed by atoms with E-state index in [4.69, 9.17) is 9.47 Å². The zero-order valence-electron chi connectivity index (χ0n) is 14.0. The molecule has 0 saturated heterocycles. The maximum absolute atomic E-state index is 12.9. The standard InChI is InChI=1S/C16H16N4O5/c1-4-24-13(22)11-15(9(3)21)8-18-12-10(6-17)7-19-20(12)16(11,15)14(23)25-5-2/h7-8,11H,4-5H2,1-3H3. The summed E-state index contributed by atoms with van der Waals surface area (Å²) in [4.78, 5) is 42.0. The van der Waals surface area contributed by atoms with Crippen LogP contribution in [0, 0.1) is 22.7 Å². The highest BCUT2D eigenvalue weighted by molar-refractivity contribution is 6.18. The number of ether oxygens (including phenoxy) is 2. The average Bonchev–Trinajstić information content (AvgIpc) is 3.04. The second kappa shape index (κ2) is 5.51. The molecule has 0 radical (unpaired) electrons. The van der Waals surface area contributed by atoms with E-state index in [1.54, 1.807) is 13.8 Å². The minimum Gasteiger partial charge on any atom is -0.466 e. The van der Waals surface area contributed by atoms with E-state index in [-0.39, 0.29) is 24.6 Å². The van der Waals surface area contributed by atoms with Crippen LogP contribution in [0.4, 0.5) is 5.82 Å². The van der Waals surface area contributed by atoms with Crippen molar-refractivity contribution in [1.82, 2.24) is 9.78 Å². The third kappa shape index (κ3) is 1.79. The number of rotatable bonds is 5. The molecule has 2 aliphatic rings. The van der Waals surface area contributed by atoms with E-state index in [0.29, 0.717) is 0 Å². The van der Waals surface area contributed by atoms with Gasteiger partial charge in [-0.1, -0.05) is 0 Å². The van der Waals surface area contributed by atoms with Crippen LogP contribution in [-0.4, -0.2) is 46.9 Å². The van der Waals surface area contributed by atoms with Gasteiger partial charge in [0.15, 0.2) is 11.4 Å². The van der Waals surface area contributed by atoms with Gasteiger partial charge in [-0.25, -0.2) is 14.5 Å². The summed E-state index contributed by atoms with van der Waals surface area (Å²) in [6.45, 7) is 4.67. The zero-order valence-corrected chi connectivity index (χ0v) is 14.0. The molecule has 1 aliphatic carbocycles. The van der Waals surface area contributed by atoms with Gasteiger partial charge in [-0.2, -0.15) is 10.4 Å². The predicted molar refractivity (Wildman–Crippen MR) is 82.9 cm³/mol. The van der Waals surface area contributed by atoms with Gasteiger partial charge < -0.3 is 9.47 Å². The number of aromatic nitrogens is 2. The molecule has 1 saturated carbocycles. The summed E-state index contributed by atoms with van der Waals surface area (Å²) in [6, 6.07) is 1.92. The van der Waals surface area contributed by atoms with Crippen LogP contribution in [0.1, 0.15) is 26.3 Å². The number of hydrogen-bond acceptors (Lipinski definition) is 8. The SMILES string of the molecule is CCOC(=O)C1C2(C(C)=O)C=Nc3c(C#N)cnn3C12C(=O)OCC. The highest BCUT2D eigenvalue weighted by Gasteiger charge is 2.90. The first-order valence-electron chi connectivity index (χ1n) is 7.82. The molecular weight excluding hydrogens is 328 g/mol. The zero-order chi connectivity index (χ0) is 18.4. The van der Waals surface area contributed by atoms with Gasteiger partial charge in [-0.15, -0.1) is 0 Å². The Morgan fingerprint density at radius 1 is 1.32 bits per heavy atom. The highest BCUT2D eigenvalue weighted by atomic mass is 16.5. The molecule has 0 N–H and O–H groups in total. The minimum absolute atomic E-state index is 0.0585. The Morgan fingerprint density at radius 3 is 2.56 bits per heavy atom. The molecule has 1 aromatic heterocycles. The number of fused-ring (bicyclic) bond motifs is 3. The lowest BCUT2D eigenvalue weighted by Gasteiger charge is -2.24. The van der Waals surface area contributed by atoms with Gasteiger partial charge in [-0.3, -0.25) is 9.59 Å². The van der Waals surface area contributed by atoms with Crippen LogP contribution in [0.15, 0.2) is 11.2 Å². The van der Waals surface area contributed by atoms with Crippen molar-refractivity contribution >= 4 is 29.8 Å². The molecule has 1 fully saturated rings. The Hall–Kier alpha value is -3.02. The molecule has 25 heavy (non-hydrogen) atoms. The summed E-state index contributed by atoms with van der Waals surface area (Å²) in [5, 5.41) is 13.3. The summed E-state index contributed by atoms with van der Waals surface area (Å²) < 4.78 is 11.4. The molecule has 2 heterocycles. The van der Waals surface area contributed by atoms with Gasteiger partial charge in [0.05, 0.1) is 19.4 Å². The van der Waals surface area contributed by atoms with Gasteiger partial charge in [-0.05, 0) is 20.8 Å². The molecule has 9 heteroatoms. The van der Waals surface area contributed by atoms with Crippen molar-refractivity contribution in [3.05, 3.63) is 11.8 Å². The highest BCUT2D eigenvalue weighted by Crippen LogP contribution is 2.70. The molecule has 0 amide bonds. The Bertz CT molecular complexity index is 851. The van der Waals surface area contributed by atoms with Crippen molar-refractivity contribution in [3.63, 3.8) is 0 Å². The second-order valence-electron chi connectivity index (χ2n) is 5.76. The molecule has 3 atom stereocenters. The largest absolute Gasteiger partial charge is 0.466 e. The number of carbonyl (C=O) groups is 3. The molecule has 9 nitrogen and oxygen atoms in total. The van der Waals surface area contributed by atoms with Crippen molar-refractivity contribution in [2.75, 3.05) is 13.2 Å². The van der Waals surface area contributed by atoms with Crippen LogP contribution in [0.2, 0.25) is 0 Å². The van der Waals surface area contributed by atoms with Gasteiger partial charge in [0.2, 0.25) is 0 Å². The van der Waals surface area contributed by atoms with Crippen LogP contribution >= 0.6 is 0 Å². The Kier molecular flexibility index (Phi) is 3.71. The summed E-state index contributed by atoms with van der Waals surface area (Å²) >= 11 is 0. The maximum atomic E-state index is 12.9. The number of hydrogen-bond donors (Lipinski definition) is 0. The number of esters is 2. The first kappa shape index (κ1) is 16.8. The fourth-order valence-corrected chi connectivity index (χ4v) is 3.68. The van der Waals surface area contributed by atoms with Gasteiger partial charge in [0.25, 0.3) is 0 Å². The topological polar surface area (TPSA) is 124 Å².